The van der Waals surface area contributed by atoms with Crippen LogP contribution in [0, 0.1) is 5.92 Å². The molecule has 0 aliphatic carbocycles. The highest BCUT2D eigenvalue weighted by Crippen LogP contribution is 2.48. The topological polar surface area (TPSA) is 82.5 Å². The molecule has 1 aromatic heterocycles. The Labute approximate surface area is 200 Å². The van der Waals surface area contributed by atoms with Gasteiger partial charge in [0.1, 0.15) is 11.8 Å². The zero-order valence-electron chi connectivity index (χ0n) is 22.4. The van der Waals surface area contributed by atoms with Gasteiger partial charge in [0.2, 0.25) is 0 Å². The molecule has 0 bridgehead atoms. The smallest absolute Gasteiger partial charge is 0.330 e. The van der Waals surface area contributed by atoms with Gasteiger partial charge in [-0.3, -0.25) is 14.3 Å². The molecule has 0 amide bonds. The van der Waals surface area contributed by atoms with E-state index in [0.29, 0.717) is 6.61 Å². The van der Waals surface area contributed by atoms with E-state index in [2.05, 4.69) is 79.3 Å². The van der Waals surface area contributed by atoms with E-state index in [9.17, 15) is 9.59 Å². The summed E-state index contributed by atoms with van der Waals surface area (Å²) in [5.74, 6) is -0.177. The summed E-state index contributed by atoms with van der Waals surface area (Å²) in [6.07, 6.45) is 2.29. The molecule has 0 spiro atoms. The van der Waals surface area contributed by atoms with Crippen molar-refractivity contribution in [1.82, 2.24) is 9.55 Å². The van der Waals surface area contributed by atoms with E-state index in [1.54, 1.807) is 6.08 Å². The number of rotatable bonds is 7. The SMILES string of the molecule is C=CC1(CO[Si](C)(C)C(C)(C)C)OC(n2ccc(=O)[nH]c2=O)C(C)C1O[Si](C)(C)C(C)(C)C. The number of hydrogen-bond donors (Lipinski definition) is 1. The van der Waals surface area contributed by atoms with E-state index in [4.69, 9.17) is 13.6 Å². The Morgan fingerprint density at radius 1 is 1.12 bits per heavy atom. The summed E-state index contributed by atoms with van der Waals surface area (Å²) in [7, 11) is -4.29. The van der Waals surface area contributed by atoms with Gasteiger partial charge in [-0.05, 0) is 36.3 Å². The van der Waals surface area contributed by atoms with E-state index < -0.39 is 39.7 Å². The van der Waals surface area contributed by atoms with Crippen LogP contribution in [-0.4, -0.2) is 44.5 Å². The van der Waals surface area contributed by atoms with Crippen molar-refractivity contribution in [3.63, 3.8) is 0 Å². The summed E-state index contributed by atoms with van der Waals surface area (Å²) >= 11 is 0. The van der Waals surface area contributed by atoms with Crippen molar-refractivity contribution in [1.29, 1.82) is 0 Å². The van der Waals surface area contributed by atoms with E-state index >= 15 is 0 Å². The molecule has 188 valence electrons. The number of aromatic amines is 1. The fourth-order valence-electron chi connectivity index (χ4n) is 3.48. The number of aromatic nitrogens is 2. The summed E-state index contributed by atoms with van der Waals surface area (Å²) in [6.45, 7) is 28.5. The zero-order chi connectivity index (χ0) is 25.6. The first-order valence-corrected chi connectivity index (χ1v) is 17.5. The molecule has 4 unspecified atom stereocenters. The Bertz CT molecular complexity index is 971. The van der Waals surface area contributed by atoms with Crippen molar-refractivity contribution in [3.05, 3.63) is 45.8 Å². The number of hydrogen-bond acceptors (Lipinski definition) is 5. The lowest BCUT2D eigenvalue weighted by atomic mass is 9.91. The quantitative estimate of drug-likeness (QED) is 0.422. The van der Waals surface area contributed by atoms with Crippen molar-refractivity contribution in [2.24, 2.45) is 5.92 Å². The van der Waals surface area contributed by atoms with Crippen molar-refractivity contribution in [2.45, 2.75) is 103 Å². The molecular formula is C24H44N2O5Si2. The molecule has 1 aromatic rings. The monoisotopic (exact) mass is 496 g/mol. The second-order valence-electron chi connectivity index (χ2n) is 12.4. The zero-order valence-corrected chi connectivity index (χ0v) is 24.4. The molecule has 0 aromatic carbocycles. The fourth-order valence-corrected chi connectivity index (χ4v) is 5.90. The Morgan fingerprint density at radius 3 is 2.12 bits per heavy atom. The van der Waals surface area contributed by atoms with Gasteiger partial charge in [0.05, 0.1) is 12.7 Å². The van der Waals surface area contributed by atoms with Gasteiger partial charge in [-0.1, -0.05) is 54.5 Å². The van der Waals surface area contributed by atoms with Crippen LogP contribution in [0.4, 0.5) is 0 Å². The van der Waals surface area contributed by atoms with Crippen LogP contribution >= 0.6 is 0 Å². The molecule has 0 saturated carbocycles. The van der Waals surface area contributed by atoms with Gasteiger partial charge < -0.3 is 13.6 Å². The van der Waals surface area contributed by atoms with Gasteiger partial charge >= 0.3 is 5.69 Å². The molecule has 1 saturated heterocycles. The van der Waals surface area contributed by atoms with Gasteiger partial charge in [0.15, 0.2) is 16.6 Å². The van der Waals surface area contributed by atoms with Crippen LogP contribution in [-0.2, 0) is 13.6 Å². The van der Waals surface area contributed by atoms with Crippen LogP contribution in [0.25, 0.3) is 0 Å². The maximum Gasteiger partial charge on any atom is 0.330 e. The third-order valence-corrected chi connectivity index (χ3v) is 16.8. The summed E-state index contributed by atoms with van der Waals surface area (Å²) in [5, 5.41) is 0.0252. The predicted octanol–water partition coefficient (Wildman–Crippen LogP) is 5.04. The predicted molar refractivity (Wildman–Crippen MR) is 139 cm³/mol. The molecule has 1 aliphatic rings. The lowest BCUT2D eigenvalue weighted by molar-refractivity contribution is -0.0929. The van der Waals surface area contributed by atoms with Gasteiger partial charge in [-0.15, -0.1) is 6.58 Å². The third-order valence-electron chi connectivity index (χ3n) is 7.91. The molecule has 1 N–H and O–H groups in total. The lowest BCUT2D eigenvalue weighted by Crippen LogP contribution is -2.55. The molecule has 2 heterocycles. The maximum atomic E-state index is 12.6. The third kappa shape index (κ3) is 5.53. The minimum Gasteiger partial charge on any atom is -0.413 e. The highest BCUT2D eigenvalue weighted by atomic mass is 28.4. The highest BCUT2D eigenvalue weighted by Gasteiger charge is 2.57. The van der Waals surface area contributed by atoms with Crippen LogP contribution in [0.15, 0.2) is 34.5 Å². The Kier molecular flexibility index (Phi) is 7.69. The molecule has 1 aliphatic heterocycles. The minimum atomic E-state index is -2.20. The normalized spacial score (nSPS) is 27.1. The van der Waals surface area contributed by atoms with Crippen LogP contribution in [0.3, 0.4) is 0 Å². The maximum absolute atomic E-state index is 12.6. The first kappa shape index (κ1) is 28.0. The molecule has 1 fully saturated rings. The average Bonchev–Trinajstić information content (AvgIpc) is 2.91. The van der Waals surface area contributed by atoms with Crippen LogP contribution in [0.1, 0.15) is 54.7 Å². The van der Waals surface area contributed by atoms with E-state index in [1.807, 2.05) is 6.92 Å². The Hall–Kier alpha value is -1.27. The largest absolute Gasteiger partial charge is 0.413 e. The van der Waals surface area contributed by atoms with Gasteiger partial charge in [-0.2, -0.15) is 0 Å². The van der Waals surface area contributed by atoms with Crippen LogP contribution in [0.5, 0.6) is 0 Å². The Morgan fingerprint density at radius 2 is 1.67 bits per heavy atom. The van der Waals surface area contributed by atoms with Gasteiger partial charge in [-0.25, -0.2) is 4.79 Å². The van der Waals surface area contributed by atoms with Crippen molar-refractivity contribution >= 4 is 16.6 Å². The van der Waals surface area contributed by atoms with Crippen LogP contribution < -0.4 is 11.2 Å². The molecule has 2 rings (SSSR count). The molecule has 33 heavy (non-hydrogen) atoms. The number of ether oxygens (including phenoxy) is 1. The average molecular weight is 497 g/mol. The minimum absolute atomic E-state index is 0.00712. The van der Waals surface area contributed by atoms with E-state index in [1.165, 1.54) is 16.8 Å². The second kappa shape index (κ2) is 9.07. The first-order valence-electron chi connectivity index (χ1n) is 11.7. The van der Waals surface area contributed by atoms with Crippen molar-refractivity contribution < 1.29 is 13.6 Å². The summed E-state index contributed by atoms with van der Waals surface area (Å²) in [4.78, 5) is 26.6. The Balaban J connectivity index is 2.55. The number of H-pyrrole nitrogens is 1. The van der Waals surface area contributed by atoms with E-state index in [0.717, 1.165) is 0 Å². The summed E-state index contributed by atoms with van der Waals surface area (Å²) in [5.41, 5.74) is -1.87. The molecule has 0 radical (unpaired) electrons. The number of nitrogens with zero attached hydrogens (tertiary/aromatic N) is 1. The van der Waals surface area contributed by atoms with Gasteiger partial charge in [0.25, 0.3) is 5.56 Å². The van der Waals surface area contributed by atoms with Gasteiger partial charge in [0, 0.05) is 18.2 Å². The van der Waals surface area contributed by atoms with E-state index in [-0.39, 0.29) is 22.1 Å². The first-order chi connectivity index (χ1) is 14.8. The fraction of sp³-hybridized carbons (Fsp3) is 0.750. The summed E-state index contributed by atoms with van der Waals surface area (Å²) in [6, 6.07) is 1.33. The van der Waals surface area contributed by atoms with Crippen molar-refractivity contribution in [3.8, 4) is 0 Å². The lowest BCUT2D eigenvalue weighted by Gasteiger charge is -2.44. The standard InChI is InChI=1S/C24H44N2O5Si2/c1-13-24(16-29-32(9,10)22(3,4)5)19(31-33(11,12)23(6,7)8)17(2)20(30-24)26-15-14-18(27)25-21(26)28/h13-15,17,19-20H,1,16H2,2-12H3,(H,25,27,28). The second-order valence-corrected chi connectivity index (χ2v) is 22.0. The number of nitrogens with one attached hydrogen (secondary N) is 1. The van der Waals surface area contributed by atoms with Crippen molar-refractivity contribution in [2.75, 3.05) is 6.61 Å². The summed E-state index contributed by atoms with van der Waals surface area (Å²) < 4.78 is 21.6. The molecular weight excluding hydrogens is 452 g/mol. The molecule has 7 nitrogen and oxygen atoms in total. The highest BCUT2D eigenvalue weighted by molar-refractivity contribution is 6.74. The van der Waals surface area contributed by atoms with Crippen LogP contribution in [0.2, 0.25) is 36.3 Å². The molecule has 9 heteroatoms. The molecule has 4 atom stereocenters.